The topological polar surface area (TPSA) is 75.7 Å². The maximum absolute atomic E-state index is 12.5. The van der Waals surface area contributed by atoms with E-state index in [1.54, 1.807) is 38.1 Å². The molecule has 1 aliphatic heterocycles. The standard InChI is InChI=1S/C18H24N2O4/c1-5-12(2)19-15(21)10-24-11-18(3,4)20-16(22)13-8-6-7-9-14(13)17(20)23/h6-9,12H,5,10-11H2,1-4H3,(H,19,21). The van der Waals surface area contributed by atoms with Crippen LogP contribution in [0.1, 0.15) is 54.8 Å². The first-order chi connectivity index (χ1) is 11.3. The summed E-state index contributed by atoms with van der Waals surface area (Å²) in [4.78, 5) is 38.0. The molecule has 1 N–H and O–H groups in total. The van der Waals surface area contributed by atoms with Crippen molar-refractivity contribution in [3.05, 3.63) is 35.4 Å². The lowest BCUT2D eigenvalue weighted by atomic mass is 10.0. The fourth-order valence-corrected chi connectivity index (χ4v) is 2.62. The molecule has 130 valence electrons. The van der Waals surface area contributed by atoms with Crippen molar-refractivity contribution in [2.45, 2.75) is 45.7 Å². The van der Waals surface area contributed by atoms with Gasteiger partial charge >= 0.3 is 0 Å². The van der Waals surface area contributed by atoms with Crippen LogP contribution in [-0.4, -0.2) is 47.4 Å². The summed E-state index contributed by atoms with van der Waals surface area (Å²) in [7, 11) is 0. The van der Waals surface area contributed by atoms with Gasteiger partial charge in [-0.2, -0.15) is 0 Å². The molecule has 1 aromatic rings. The van der Waals surface area contributed by atoms with Gasteiger partial charge in [0.05, 0.1) is 23.3 Å². The third-order valence-corrected chi connectivity index (χ3v) is 4.11. The Hall–Kier alpha value is -2.21. The van der Waals surface area contributed by atoms with Gasteiger partial charge in [-0.05, 0) is 39.3 Å². The quantitative estimate of drug-likeness (QED) is 0.775. The second-order valence-corrected chi connectivity index (χ2v) is 6.67. The van der Waals surface area contributed by atoms with E-state index in [1.807, 2.05) is 13.8 Å². The Morgan fingerprint density at radius 3 is 2.25 bits per heavy atom. The molecule has 1 aliphatic rings. The number of amides is 3. The van der Waals surface area contributed by atoms with E-state index in [0.29, 0.717) is 11.1 Å². The number of imide groups is 1. The number of fused-ring (bicyclic) bond motifs is 1. The molecule has 1 heterocycles. The van der Waals surface area contributed by atoms with Crippen LogP contribution in [0.15, 0.2) is 24.3 Å². The first-order valence-corrected chi connectivity index (χ1v) is 8.13. The number of carbonyl (C=O) groups is 3. The summed E-state index contributed by atoms with van der Waals surface area (Å²) < 4.78 is 5.46. The number of hydrogen-bond acceptors (Lipinski definition) is 4. The molecule has 0 bridgehead atoms. The summed E-state index contributed by atoms with van der Waals surface area (Å²) in [6.07, 6.45) is 0.840. The van der Waals surface area contributed by atoms with Crippen LogP contribution < -0.4 is 5.32 Å². The molecule has 24 heavy (non-hydrogen) atoms. The second-order valence-electron chi connectivity index (χ2n) is 6.67. The fraction of sp³-hybridized carbons (Fsp3) is 0.500. The van der Waals surface area contributed by atoms with Crippen LogP contribution in [0, 0.1) is 0 Å². The average Bonchev–Trinajstić information content (AvgIpc) is 2.79. The van der Waals surface area contributed by atoms with Gasteiger partial charge in [0, 0.05) is 6.04 Å². The van der Waals surface area contributed by atoms with E-state index in [1.165, 1.54) is 4.90 Å². The zero-order valence-corrected chi connectivity index (χ0v) is 14.6. The maximum atomic E-state index is 12.5. The first-order valence-electron chi connectivity index (χ1n) is 8.13. The maximum Gasteiger partial charge on any atom is 0.262 e. The van der Waals surface area contributed by atoms with Crippen molar-refractivity contribution in [3.63, 3.8) is 0 Å². The van der Waals surface area contributed by atoms with Crippen LogP contribution in [0.25, 0.3) is 0 Å². The molecule has 1 unspecified atom stereocenters. The predicted octanol–water partition coefficient (Wildman–Crippen LogP) is 1.99. The van der Waals surface area contributed by atoms with Crippen molar-refractivity contribution < 1.29 is 19.1 Å². The Balaban J connectivity index is 1.98. The van der Waals surface area contributed by atoms with Gasteiger partial charge in [-0.1, -0.05) is 19.1 Å². The molecule has 0 aromatic heterocycles. The van der Waals surface area contributed by atoms with Crippen molar-refractivity contribution in [1.29, 1.82) is 0 Å². The van der Waals surface area contributed by atoms with E-state index in [4.69, 9.17) is 4.74 Å². The highest BCUT2D eigenvalue weighted by molar-refractivity contribution is 6.21. The van der Waals surface area contributed by atoms with E-state index >= 15 is 0 Å². The molecule has 2 rings (SSSR count). The minimum absolute atomic E-state index is 0.0883. The monoisotopic (exact) mass is 332 g/mol. The molecule has 1 atom stereocenters. The highest BCUT2D eigenvalue weighted by atomic mass is 16.5. The lowest BCUT2D eigenvalue weighted by Crippen LogP contribution is -2.51. The van der Waals surface area contributed by atoms with Crippen molar-refractivity contribution in [2.24, 2.45) is 0 Å². The molecule has 0 spiro atoms. The zero-order chi connectivity index (χ0) is 17.9. The van der Waals surface area contributed by atoms with Crippen molar-refractivity contribution in [1.82, 2.24) is 10.2 Å². The van der Waals surface area contributed by atoms with Crippen LogP contribution in [-0.2, 0) is 9.53 Å². The Morgan fingerprint density at radius 2 is 1.75 bits per heavy atom. The predicted molar refractivity (Wildman–Crippen MR) is 89.7 cm³/mol. The van der Waals surface area contributed by atoms with Gasteiger partial charge in [0.25, 0.3) is 11.8 Å². The molecule has 0 radical (unpaired) electrons. The van der Waals surface area contributed by atoms with E-state index < -0.39 is 5.54 Å². The summed E-state index contributed by atoms with van der Waals surface area (Å²) >= 11 is 0. The third kappa shape index (κ3) is 3.64. The van der Waals surface area contributed by atoms with Crippen LogP contribution in [0.2, 0.25) is 0 Å². The summed E-state index contributed by atoms with van der Waals surface area (Å²) in [6.45, 7) is 7.39. The van der Waals surface area contributed by atoms with E-state index in [2.05, 4.69) is 5.32 Å². The third-order valence-electron chi connectivity index (χ3n) is 4.11. The number of hydrogen-bond donors (Lipinski definition) is 1. The molecule has 0 aliphatic carbocycles. The van der Waals surface area contributed by atoms with Crippen molar-refractivity contribution in [2.75, 3.05) is 13.2 Å². The molecule has 3 amide bonds. The van der Waals surface area contributed by atoms with Crippen LogP contribution >= 0.6 is 0 Å². The number of nitrogens with one attached hydrogen (secondary N) is 1. The number of nitrogens with zero attached hydrogens (tertiary/aromatic N) is 1. The SMILES string of the molecule is CCC(C)NC(=O)COCC(C)(C)N1C(=O)c2ccccc2C1=O. The Morgan fingerprint density at radius 1 is 1.21 bits per heavy atom. The van der Waals surface area contributed by atoms with Gasteiger partial charge in [0.15, 0.2) is 0 Å². The van der Waals surface area contributed by atoms with Gasteiger partial charge in [0.2, 0.25) is 5.91 Å². The number of ether oxygens (including phenoxy) is 1. The van der Waals surface area contributed by atoms with E-state index in [0.717, 1.165) is 6.42 Å². The molecule has 0 saturated carbocycles. The van der Waals surface area contributed by atoms with E-state index in [9.17, 15) is 14.4 Å². The van der Waals surface area contributed by atoms with Gasteiger partial charge < -0.3 is 10.1 Å². The molecule has 1 aromatic carbocycles. The smallest absolute Gasteiger partial charge is 0.262 e. The summed E-state index contributed by atoms with van der Waals surface area (Å²) in [5, 5.41) is 2.81. The molecule has 0 fully saturated rings. The highest BCUT2D eigenvalue weighted by Crippen LogP contribution is 2.29. The van der Waals surface area contributed by atoms with E-state index in [-0.39, 0.29) is 37.0 Å². The van der Waals surface area contributed by atoms with Crippen molar-refractivity contribution >= 4 is 17.7 Å². The van der Waals surface area contributed by atoms with Gasteiger partial charge in [-0.15, -0.1) is 0 Å². The average molecular weight is 332 g/mol. The highest BCUT2D eigenvalue weighted by Gasteiger charge is 2.44. The lowest BCUT2D eigenvalue weighted by Gasteiger charge is -2.33. The molecular weight excluding hydrogens is 308 g/mol. The summed E-state index contributed by atoms with van der Waals surface area (Å²) in [6, 6.07) is 6.84. The first kappa shape index (κ1) is 18.1. The molecule has 6 heteroatoms. The number of rotatable bonds is 7. The molecule has 0 saturated heterocycles. The summed E-state index contributed by atoms with van der Waals surface area (Å²) in [5.41, 5.74) is -0.0284. The van der Waals surface area contributed by atoms with Crippen LogP contribution in [0.4, 0.5) is 0 Å². The van der Waals surface area contributed by atoms with Crippen molar-refractivity contribution in [3.8, 4) is 0 Å². The minimum atomic E-state index is -0.843. The Kier molecular flexibility index (Phi) is 5.39. The Labute approximate surface area is 142 Å². The minimum Gasteiger partial charge on any atom is -0.369 e. The van der Waals surface area contributed by atoms with Crippen LogP contribution in [0.3, 0.4) is 0 Å². The zero-order valence-electron chi connectivity index (χ0n) is 14.6. The second kappa shape index (κ2) is 7.13. The summed E-state index contributed by atoms with van der Waals surface area (Å²) in [5.74, 6) is -0.857. The lowest BCUT2D eigenvalue weighted by molar-refractivity contribution is -0.127. The fourth-order valence-electron chi connectivity index (χ4n) is 2.62. The molecular formula is C18H24N2O4. The Bertz CT molecular complexity index is 619. The number of benzene rings is 1. The number of carbonyl (C=O) groups excluding carboxylic acids is 3. The van der Waals surface area contributed by atoms with Gasteiger partial charge in [-0.25, -0.2) is 0 Å². The normalized spacial score (nSPS) is 15.4. The van der Waals surface area contributed by atoms with Gasteiger partial charge in [-0.3, -0.25) is 19.3 Å². The van der Waals surface area contributed by atoms with Crippen LogP contribution in [0.5, 0.6) is 0 Å². The van der Waals surface area contributed by atoms with Gasteiger partial charge in [0.1, 0.15) is 6.61 Å². The molecule has 6 nitrogen and oxygen atoms in total. The largest absolute Gasteiger partial charge is 0.369 e.